The fourth-order valence-electron chi connectivity index (χ4n) is 1.45. The third kappa shape index (κ3) is 1.92. The van der Waals surface area contributed by atoms with Crippen LogP contribution in [-0.2, 0) is 0 Å². The first-order valence-corrected chi connectivity index (χ1v) is 6.00. The fraction of sp³-hybridized carbons (Fsp3) is 0.300. The minimum absolute atomic E-state index is 0.466. The molecule has 3 nitrogen and oxygen atoms in total. The van der Waals surface area contributed by atoms with Crippen molar-refractivity contribution in [2.45, 2.75) is 4.90 Å². The van der Waals surface area contributed by atoms with Gasteiger partial charge in [0.05, 0.1) is 10.5 Å². The van der Waals surface area contributed by atoms with Crippen molar-refractivity contribution in [1.82, 2.24) is 0 Å². The SMILES string of the molecule is CSc1c(C(=O)Cl)ccc2c1OCCO2. The minimum Gasteiger partial charge on any atom is -0.486 e. The van der Waals surface area contributed by atoms with Crippen molar-refractivity contribution >= 4 is 28.6 Å². The molecule has 1 aromatic carbocycles. The quantitative estimate of drug-likeness (QED) is 0.592. The molecule has 1 aromatic rings. The third-order valence-electron chi connectivity index (χ3n) is 2.08. The number of hydrogen-bond donors (Lipinski definition) is 0. The van der Waals surface area contributed by atoms with E-state index in [-0.39, 0.29) is 0 Å². The van der Waals surface area contributed by atoms with E-state index in [9.17, 15) is 4.79 Å². The Morgan fingerprint density at radius 3 is 2.80 bits per heavy atom. The topological polar surface area (TPSA) is 35.5 Å². The van der Waals surface area contributed by atoms with E-state index in [1.807, 2.05) is 6.26 Å². The van der Waals surface area contributed by atoms with E-state index in [4.69, 9.17) is 21.1 Å². The van der Waals surface area contributed by atoms with Crippen LogP contribution in [0, 0.1) is 0 Å². The van der Waals surface area contributed by atoms with Crippen molar-refractivity contribution in [3.8, 4) is 11.5 Å². The zero-order chi connectivity index (χ0) is 10.8. The molecule has 0 fully saturated rings. The van der Waals surface area contributed by atoms with Gasteiger partial charge in [0, 0.05) is 0 Å². The Kier molecular flexibility index (Phi) is 3.07. The van der Waals surface area contributed by atoms with Crippen LogP contribution >= 0.6 is 23.4 Å². The van der Waals surface area contributed by atoms with Gasteiger partial charge in [-0.1, -0.05) is 0 Å². The van der Waals surface area contributed by atoms with E-state index in [0.29, 0.717) is 30.3 Å². The van der Waals surface area contributed by atoms with Crippen LogP contribution in [0.2, 0.25) is 0 Å². The Hall–Kier alpha value is -0.870. The van der Waals surface area contributed by atoms with Crippen molar-refractivity contribution in [3.05, 3.63) is 17.7 Å². The summed E-state index contributed by atoms with van der Waals surface area (Å²) >= 11 is 6.91. The first kappa shape index (κ1) is 10.6. The highest BCUT2D eigenvalue weighted by Crippen LogP contribution is 2.41. The molecule has 0 unspecified atom stereocenters. The molecule has 1 heterocycles. The summed E-state index contributed by atoms with van der Waals surface area (Å²) in [5.41, 5.74) is 0.466. The molecule has 0 radical (unpaired) electrons. The third-order valence-corrected chi connectivity index (χ3v) is 3.10. The lowest BCUT2D eigenvalue weighted by Crippen LogP contribution is -2.16. The van der Waals surface area contributed by atoms with Crippen LogP contribution in [0.25, 0.3) is 0 Å². The molecule has 0 N–H and O–H groups in total. The standard InChI is InChI=1S/C10H9ClO3S/c1-15-9-6(10(11)12)2-3-7-8(9)14-5-4-13-7/h2-3H,4-5H2,1H3. The minimum atomic E-state index is -0.476. The summed E-state index contributed by atoms with van der Waals surface area (Å²) in [5.74, 6) is 1.30. The molecule has 0 saturated heterocycles. The van der Waals surface area contributed by atoms with E-state index in [1.165, 1.54) is 11.8 Å². The number of hydrogen-bond acceptors (Lipinski definition) is 4. The first-order chi connectivity index (χ1) is 7.24. The highest BCUT2D eigenvalue weighted by atomic mass is 35.5. The van der Waals surface area contributed by atoms with Gasteiger partial charge in [0.2, 0.25) is 0 Å². The molecule has 5 heteroatoms. The Morgan fingerprint density at radius 2 is 2.13 bits per heavy atom. The molecule has 1 aliphatic heterocycles. The summed E-state index contributed by atoms with van der Waals surface area (Å²) in [6, 6.07) is 3.37. The highest BCUT2D eigenvalue weighted by molar-refractivity contribution is 7.98. The number of carbonyl (C=O) groups is 1. The average Bonchev–Trinajstić information content (AvgIpc) is 2.27. The average molecular weight is 245 g/mol. The molecule has 0 saturated carbocycles. The molecule has 1 aliphatic rings. The molecule has 0 atom stereocenters. The Bertz CT molecular complexity index is 406. The molecule has 0 aliphatic carbocycles. The van der Waals surface area contributed by atoms with Crippen molar-refractivity contribution in [2.75, 3.05) is 19.5 Å². The van der Waals surface area contributed by atoms with Gasteiger partial charge in [-0.3, -0.25) is 4.79 Å². The molecule has 15 heavy (non-hydrogen) atoms. The molecule has 2 rings (SSSR count). The van der Waals surface area contributed by atoms with Crippen LogP contribution in [0.1, 0.15) is 10.4 Å². The lowest BCUT2D eigenvalue weighted by molar-refractivity contribution is 0.107. The Labute approximate surface area is 96.7 Å². The van der Waals surface area contributed by atoms with E-state index >= 15 is 0 Å². The number of benzene rings is 1. The lowest BCUT2D eigenvalue weighted by Gasteiger charge is -2.21. The highest BCUT2D eigenvalue weighted by Gasteiger charge is 2.21. The summed E-state index contributed by atoms with van der Waals surface area (Å²) in [6.45, 7) is 1.04. The van der Waals surface area contributed by atoms with E-state index < -0.39 is 5.24 Å². The van der Waals surface area contributed by atoms with Crippen LogP contribution in [0.4, 0.5) is 0 Å². The van der Waals surface area contributed by atoms with E-state index in [0.717, 1.165) is 4.90 Å². The molecule has 0 bridgehead atoms. The van der Waals surface area contributed by atoms with Gasteiger partial charge < -0.3 is 9.47 Å². The van der Waals surface area contributed by atoms with Gasteiger partial charge in [-0.15, -0.1) is 11.8 Å². The summed E-state index contributed by atoms with van der Waals surface area (Å²) < 4.78 is 10.9. The van der Waals surface area contributed by atoms with Gasteiger partial charge in [0.25, 0.3) is 5.24 Å². The number of rotatable bonds is 2. The van der Waals surface area contributed by atoms with Crippen molar-refractivity contribution < 1.29 is 14.3 Å². The van der Waals surface area contributed by atoms with Gasteiger partial charge in [0.1, 0.15) is 13.2 Å². The van der Waals surface area contributed by atoms with Crippen LogP contribution in [0.3, 0.4) is 0 Å². The predicted octanol–water partition coefficient (Wildman–Crippen LogP) is 2.56. The first-order valence-electron chi connectivity index (χ1n) is 4.40. The Morgan fingerprint density at radius 1 is 1.40 bits per heavy atom. The van der Waals surface area contributed by atoms with Crippen molar-refractivity contribution in [1.29, 1.82) is 0 Å². The molecule has 0 amide bonds. The molecule has 0 spiro atoms. The van der Waals surface area contributed by atoms with Crippen LogP contribution < -0.4 is 9.47 Å². The molecular formula is C10H9ClO3S. The number of fused-ring (bicyclic) bond motifs is 1. The van der Waals surface area contributed by atoms with Gasteiger partial charge in [0.15, 0.2) is 11.5 Å². The zero-order valence-electron chi connectivity index (χ0n) is 8.08. The second-order valence-corrected chi connectivity index (χ2v) is 4.10. The summed E-state index contributed by atoms with van der Waals surface area (Å²) in [7, 11) is 0. The van der Waals surface area contributed by atoms with E-state index in [1.54, 1.807) is 12.1 Å². The van der Waals surface area contributed by atoms with E-state index in [2.05, 4.69) is 0 Å². The van der Waals surface area contributed by atoms with Crippen molar-refractivity contribution in [2.24, 2.45) is 0 Å². The van der Waals surface area contributed by atoms with Crippen LogP contribution in [0.5, 0.6) is 11.5 Å². The van der Waals surface area contributed by atoms with Crippen molar-refractivity contribution in [3.63, 3.8) is 0 Å². The lowest BCUT2D eigenvalue weighted by atomic mass is 10.2. The van der Waals surface area contributed by atoms with Gasteiger partial charge in [-0.25, -0.2) is 0 Å². The maximum Gasteiger partial charge on any atom is 0.253 e. The molecule has 0 aromatic heterocycles. The predicted molar refractivity (Wildman–Crippen MR) is 59.4 cm³/mol. The second-order valence-electron chi connectivity index (χ2n) is 2.94. The summed E-state index contributed by atoms with van der Waals surface area (Å²) in [4.78, 5) is 11.9. The monoisotopic (exact) mass is 244 g/mol. The zero-order valence-corrected chi connectivity index (χ0v) is 9.65. The van der Waals surface area contributed by atoms with Crippen LogP contribution in [0.15, 0.2) is 17.0 Å². The smallest absolute Gasteiger partial charge is 0.253 e. The molecule has 80 valence electrons. The molecular weight excluding hydrogens is 236 g/mol. The normalized spacial score (nSPS) is 13.7. The summed E-state index contributed by atoms with van der Waals surface area (Å²) in [6.07, 6.45) is 1.87. The number of halogens is 1. The fourth-order valence-corrected chi connectivity index (χ4v) is 2.39. The van der Waals surface area contributed by atoms with Crippen LogP contribution in [-0.4, -0.2) is 24.7 Å². The largest absolute Gasteiger partial charge is 0.486 e. The maximum atomic E-state index is 11.2. The Balaban J connectivity index is 2.56. The second kappa shape index (κ2) is 4.33. The summed E-state index contributed by atoms with van der Waals surface area (Å²) in [5, 5.41) is -0.476. The maximum absolute atomic E-state index is 11.2. The van der Waals surface area contributed by atoms with Gasteiger partial charge in [-0.2, -0.15) is 0 Å². The van der Waals surface area contributed by atoms with Gasteiger partial charge >= 0.3 is 0 Å². The van der Waals surface area contributed by atoms with Gasteiger partial charge in [-0.05, 0) is 30.0 Å². The number of thioether (sulfide) groups is 1. The number of ether oxygens (including phenoxy) is 2. The number of carbonyl (C=O) groups excluding carboxylic acids is 1.